The first-order valence-electron chi connectivity index (χ1n) is 12.6. The molecule has 0 amide bonds. The van der Waals surface area contributed by atoms with Crippen LogP contribution < -0.4 is 0 Å². The Hall–Kier alpha value is -0.220. The molecule has 0 aromatic heterocycles. The summed E-state index contributed by atoms with van der Waals surface area (Å²) in [5.74, 6) is 3.57. The van der Waals surface area contributed by atoms with Crippen LogP contribution in [0, 0.1) is 40.4 Å². The number of nitrogens with zero attached hydrogens (tertiary/aromatic N) is 2. The zero-order valence-corrected chi connectivity index (χ0v) is 19.9. The van der Waals surface area contributed by atoms with Crippen LogP contribution in [0.5, 0.6) is 0 Å². The number of Topliss-reactive ketones (excluding diaryl/α,β-unsaturated/α-hetero) is 1. The van der Waals surface area contributed by atoms with Crippen molar-refractivity contribution >= 4 is 13.5 Å². The Balaban J connectivity index is 1.24. The Labute approximate surface area is 181 Å². The molecule has 4 aliphatic carbocycles. The third kappa shape index (κ3) is 2.84. The Morgan fingerprint density at radius 3 is 2.27 bits per heavy atom. The maximum atomic E-state index is 13.7. The number of hydrogen-bond donors (Lipinski definition) is 0. The fourth-order valence-corrected chi connectivity index (χ4v) is 11.1. The van der Waals surface area contributed by atoms with Gasteiger partial charge in [-0.25, -0.2) is 9.34 Å². The van der Waals surface area contributed by atoms with E-state index < -0.39 is 7.67 Å². The molecule has 6 fully saturated rings. The predicted molar refractivity (Wildman–Crippen MR) is 117 cm³/mol. The minimum atomic E-state index is -2.76. The van der Waals surface area contributed by atoms with E-state index in [1.165, 1.54) is 32.1 Å². The van der Waals surface area contributed by atoms with E-state index in [2.05, 4.69) is 30.1 Å². The summed E-state index contributed by atoms with van der Waals surface area (Å²) < 4.78 is 24.5. The van der Waals surface area contributed by atoms with Crippen LogP contribution in [0.2, 0.25) is 0 Å². The highest BCUT2D eigenvalue weighted by atomic mass is 31.2. The number of carbonyl (C=O) groups is 1. The molecular formula is C24H39N2O3P. The maximum Gasteiger partial charge on any atom is 0.346 e. The van der Waals surface area contributed by atoms with Crippen molar-refractivity contribution in [3.63, 3.8) is 0 Å². The molecule has 0 N–H and O–H groups in total. The zero-order chi connectivity index (χ0) is 20.9. The molecule has 30 heavy (non-hydrogen) atoms. The van der Waals surface area contributed by atoms with Crippen molar-refractivity contribution < 1.29 is 13.9 Å². The van der Waals surface area contributed by atoms with Crippen LogP contribution in [0.4, 0.5) is 0 Å². The van der Waals surface area contributed by atoms with Crippen LogP contribution >= 0.6 is 7.67 Å². The largest absolute Gasteiger partial charge is 0.346 e. The van der Waals surface area contributed by atoms with Gasteiger partial charge in [-0.3, -0.25) is 9.36 Å². The maximum absolute atomic E-state index is 13.7. The van der Waals surface area contributed by atoms with Crippen LogP contribution in [-0.2, 0) is 13.9 Å². The minimum absolute atomic E-state index is 0.146. The molecule has 6 heteroatoms. The van der Waals surface area contributed by atoms with Gasteiger partial charge in [-0.15, -0.1) is 0 Å². The molecule has 0 aromatic rings. The Kier molecular flexibility index (Phi) is 4.52. The summed E-state index contributed by atoms with van der Waals surface area (Å²) in [6.07, 6.45) is 9.36. The number of carbonyl (C=O) groups excluding carboxylic acids is 1. The second-order valence-corrected chi connectivity index (χ2v) is 14.4. The van der Waals surface area contributed by atoms with Gasteiger partial charge in [0, 0.05) is 38.5 Å². The molecule has 6 aliphatic rings. The Bertz CT molecular complexity index is 779. The molecule has 0 aromatic carbocycles. The molecule has 6 rings (SSSR count). The summed E-state index contributed by atoms with van der Waals surface area (Å²) in [5.41, 5.74) is 0.507. The van der Waals surface area contributed by atoms with Gasteiger partial charge in [0.2, 0.25) is 0 Å². The third-order valence-corrected chi connectivity index (χ3v) is 13.3. The van der Waals surface area contributed by atoms with E-state index in [-0.39, 0.29) is 17.4 Å². The lowest BCUT2D eigenvalue weighted by Crippen LogP contribution is -2.55. The SMILES string of the molecule is C[C@H]1C[C@@]2(C)[C@@H](CC[C@H]3[C@H]2CC[C@]2(C)[C@@H]3CC[C@H]2OP(=O)(N2CC2)N2CC2)CC1=O. The van der Waals surface area contributed by atoms with E-state index in [0.717, 1.165) is 57.3 Å². The quantitative estimate of drug-likeness (QED) is 0.462. The number of ketones is 1. The molecule has 4 saturated carbocycles. The summed E-state index contributed by atoms with van der Waals surface area (Å²) in [5, 5.41) is 0. The molecule has 0 spiro atoms. The number of rotatable bonds is 4. The lowest BCUT2D eigenvalue weighted by atomic mass is 9.44. The van der Waals surface area contributed by atoms with Crippen molar-refractivity contribution in [1.82, 2.24) is 9.34 Å². The summed E-state index contributed by atoms with van der Waals surface area (Å²) in [6, 6.07) is 0. The molecule has 2 saturated heterocycles. The third-order valence-electron chi connectivity index (χ3n) is 10.5. The summed E-state index contributed by atoms with van der Waals surface area (Å²) >= 11 is 0. The van der Waals surface area contributed by atoms with Crippen LogP contribution in [0.3, 0.4) is 0 Å². The van der Waals surface area contributed by atoms with Gasteiger partial charge in [0.15, 0.2) is 0 Å². The van der Waals surface area contributed by atoms with Gasteiger partial charge < -0.3 is 4.52 Å². The monoisotopic (exact) mass is 434 g/mol. The smallest absolute Gasteiger partial charge is 0.302 e. The van der Waals surface area contributed by atoms with Crippen LogP contribution in [0.1, 0.15) is 72.1 Å². The van der Waals surface area contributed by atoms with E-state index in [1.54, 1.807) is 0 Å². The zero-order valence-electron chi connectivity index (χ0n) is 19.0. The first-order chi connectivity index (χ1) is 14.3. The summed E-state index contributed by atoms with van der Waals surface area (Å²) in [4.78, 5) is 12.4. The molecular weight excluding hydrogens is 395 g/mol. The summed E-state index contributed by atoms with van der Waals surface area (Å²) in [6.45, 7) is 10.9. The number of hydrogen-bond acceptors (Lipinski definition) is 3. The second-order valence-electron chi connectivity index (χ2n) is 12.0. The number of fused-ring (bicyclic) bond motifs is 5. The van der Waals surface area contributed by atoms with Gasteiger partial charge in [0.05, 0.1) is 6.10 Å². The topological polar surface area (TPSA) is 49.4 Å². The summed E-state index contributed by atoms with van der Waals surface area (Å²) in [7, 11) is -2.76. The highest BCUT2D eigenvalue weighted by Crippen LogP contribution is 2.70. The van der Waals surface area contributed by atoms with Gasteiger partial charge in [0.25, 0.3) is 0 Å². The molecule has 2 aliphatic heterocycles. The van der Waals surface area contributed by atoms with Crippen molar-refractivity contribution in [1.29, 1.82) is 0 Å². The van der Waals surface area contributed by atoms with E-state index >= 15 is 0 Å². The predicted octanol–water partition coefficient (Wildman–Crippen LogP) is 4.97. The fourth-order valence-electron chi connectivity index (χ4n) is 8.60. The van der Waals surface area contributed by atoms with Gasteiger partial charge in [-0.05, 0) is 79.4 Å². The molecule has 2 heterocycles. The van der Waals surface area contributed by atoms with E-state index in [4.69, 9.17) is 4.52 Å². The van der Waals surface area contributed by atoms with Crippen molar-refractivity contribution in [2.75, 3.05) is 26.2 Å². The lowest BCUT2D eigenvalue weighted by Gasteiger charge is -2.60. The van der Waals surface area contributed by atoms with Crippen molar-refractivity contribution in [3.8, 4) is 0 Å². The van der Waals surface area contributed by atoms with Crippen molar-refractivity contribution in [2.24, 2.45) is 40.4 Å². The molecule has 8 atom stereocenters. The van der Waals surface area contributed by atoms with E-state index in [9.17, 15) is 9.36 Å². The van der Waals surface area contributed by atoms with E-state index in [0.29, 0.717) is 23.0 Å². The minimum Gasteiger partial charge on any atom is -0.302 e. The fraction of sp³-hybridized carbons (Fsp3) is 0.958. The van der Waals surface area contributed by atoms with Crippen LogP contribution in [0.25, 0.3) is 0 Å². The molecule has 0 unspecified atom stereocenters. The molecule has 168 valence electrons. The average molecular weight is 435 g/mol. The van der Waals surface area contributed by atoms with Crippen molar-refractivity contribution in [3.05, 3.63) is 0 Å². The second kappa shape index (κ2) is 6.65. The normalized spacial score (nSPS) is 51.2. The highest BCUT2D eigenvalue weighted by Gasteiger charge is 2.63. The first kappa shape index (κ1) is 20.4. The van der Waals surface area contributed by atoms with Gasteiger partial charge in [-0.1, -0.05) is 20.8 Å². The van der Waals surface area contributed by atoms with Crippen molar-refractivity contribution in [2.45, 2.75) is 78.2 Å². The standard InChI is InChI=1S/C24H39N2O3P/c1-16-15-24(3)17(14-21(16)27)4-5-18-19-6-7-22(23(19,2)9-8-20(18)24)29-30(28,25-10-11-25)26-12-13-26/h16-20,22H,4-15H2,1-3H3/t16-,17-,18+,19+,20+,22+,23+,24-/m0/s1. The van der Waals surface area contributed by atoms with Gasteiger partial charge >= 0.3 is 7.67 Å². The van der Waals surface area contributed by atoms with Gasteiger partial charge in [-0.2, -0.15) is 0 Å². The molecule has 0 radical (unpaired) electrons. The molecule has 0 bridgehead atoms. The van der Waals surface area contributed by atoms with Gasteiger partial charge in [0.1, 0.15) is 5.78 Å². The van der Waals surface area contributed by atoms with E-state index in [1.807, 2.05) is 0 Å². The average Bonchev–Trinajstić information content (AvgIpc) is 3.60. The lowest BCUT2D eigenvalue weighted by molar-refractivity contribution is -0.148. The Morgan fingerprint density at radius 2 is 1.60 bits per heavy atom. The molecule has 5 nitrogen and oxygen atoms in total. The first-order valence-corrected chi connectivity index (χ1v) is 14.1. The van der Waals surface area contributed by atoms with Crippen LogP contribution in [-0.4, -0.2) is 47.4 Å². The Morgan fingerprint density at radius 1 is 0.933 bits per heavy atom. The highest BCUT2D eigenvalue weighted by molar-refractivity contribution is 7.54. The van der Waals surface area contributed by atoms with Crippen LogP contribution in [0.15, 0.2) is 0 Å².